The Morgan fingerprint density at radius 3 is 1.81 bits per heavy atom. The lowest BCUT2D eigenvalue weighted by Gasteiger charge is -2.03. The topological polar surface area (TPSA) is 52.6 Å². The van der Waals surface area contributed by atoms with E-state index >= 15 is 0 Å². The summed E-state index contributed by atoms with van der Waals surface area (Å²) in [6, 6.07) is 0. The quantitative estimate of drug-likeness (QED) is 0.274. The number of halogens is 6. The Bertz CT molecular complexity index is 381. The van der Waals surface area contributed by atoms with E-state index in [1.165, 1.54) is 0 Å². The van der Waals surface area contributed by atoms with Gasteiger partial charge < -0.3 is 9.47 Å². The first kappa shape index (κ1) is 24.6. The van der Waals surface area contributed by atoms with E-state index in [2.05, 4.69) is 95.6 Å². The monoisotopic (exact) mass is 682 g/mol. The van der Waals surface area contributed by atoms with Crippen LogP contribution in [0.4, 0.5) is 0 Å². The Hall–Kier alpha value is 1.30. The van der Waals surface area contributed by atoms with E-state index in [-0.39, 0.29) is 35.3 Å². The van der Waals surface area contributed by atoms with Crippen LogP contribution >= 0.6 is 95.6 Å². The molecule has 0 aromatic rings. The summed E-state index contributed by atoms with van der Waals surface area (Å²) < 4.78 is 11.1. The maximum atomic E-state index is 10.8. The number of hydrogen-bond donors (Lipinski definition) is 0. The molecular formula is C11H12Br6O4. The van der Waals surface area contributed by atoms with Crippen LogP contribution in [0.25, 0.3) is 0 Å². The van der Waals surface area contributed by atoms with Crippen molar-refractivity contribution in [3.8, 4) is 0 Å². The standard InChI is InChI=1S/C6H7Br3O2.C5H5Br3O2/c1-4(8)6(10)11-3-5(9)2-7;6-1-4(8)3-10-5(9)2-7/h2,4H,3H2,1H3;1H,2-3H2. The van der Waals surface area contributed by atoms with E-state index in [0.29, 0.717) is 0 Å². The maximum Gasteiger partial charge on any atom is 0.319 e. The van der Waals surface area contributed by atoms with Gasteiger partial charge in [-0.05, 0) is 16.9 Å². The van der Waals surface area contributed by atoms with Gasteiger partial charge in [-0.25, -0.2) is 0 Å². The number of ether oxygens (including phenoxy) is 2. The number of esters is 2. The number of alkyl halides is 2. The molecule has 1 unspecified atom stereocenters. The van der Waals surface area contributed by atoms with Crippen molar-refractivity contribution in [3.05, 3.63) is 18.9 Å². The first-order valence-electron chi connectivity index (χ1n) is 5.20. The molecule has 0 N–H and O–H groups in total. The van der Waals surface area contributed by atoms with Gasteiger partial charge in [0.05, 0.1) is 0 Å². The second kappa shape index (κ2) is 16.2. The molecule has 1 atom stereocenters. The van der Waals surface area contributed by atoms with Gasteiger partial charge in [-0.2, -0.15) is 0 Å². The first-order valence-corrected chi connectivity index (χ1v) is 10.7. The number of hydrogen-bond acceptors (Lipinski definition) is 4. The summed E-state index contributed by atoms with van der Waals surface area (Å²) in [5.41, 5.74) is 0. The smallest absolute Gasteiger partial charge is 0.319 e. The summed E-state index contributed by atoms with van der Waals surface area (Å²) in [4.78, 5) is 24.4. The Balaban J connectivity index is 0. The Morgan fingerprint density at radius 2 is 1.48 bits per heavy atom. The lowest BCUT2D eigenvalue weighted by Crippen LogP contribution is -2.14. The van der Waals surface area contributed by atoms with Crippen molar-refractivity contribution < 1.29 is 19.1 Å². The molecule has 10 heteroatoms. The summed E-state index contributed by atoms with van der Waals surface area (Å²) in [7, 11) is 0. The van der Waals surface area contributed by atoms with Crippen molar-refractivity contribution in [1.82, 2.24) is 0 Å². The predicted octanol–water partition coefficient (Wildman–Crippen LogP) is 5.50. The van der Waals surface area contributed by atoms with Gasteiger partial charge in [-0.15, -0.1) is 0 Å². The summed E-state index contributed by atoms with van der Waals surface area (Å²) in [5.74, 6) is -0.539. The van der Waals surface area contributed by atoms with E-state index in [9.17, 15) is 9.59 Å². The fourth-order valence-electron chi connectivity index (χ4n) is 0.506. The van der Waals surface area contributed by atoms with E-state index in [1.807, 2.05) is 0 Å². The molecule has 0 fully saturated rings. The molecule has 0 aromatic heterocycles. The summed E-state index contributed by atoms with van der Waals surface area (Å²) in [6.07, 6.45) is 0. The summed E-state index contributed by atoms with van der Waals surface area (Å²) >= 11 is 18.6. The molecule has 0 saturated carbocycles. The van der Waals surface area contributed by atoms with E-state index in [1.54, 1.807) is 16.9 Å². The molecule has 0 bridgehead atoms. The zero-order chi connectivity index (χ0) is 16.8. The van der Waals surface area contributed by atoms with Crippen LogP contribution in [-0.4, -0.2) is 35.3 Å². The molecule has 0 aliphatic carbocycles. The fourth-order valence-corrected chi connectivity index (χ4v) is 1.29. The van der Waals surface area contributed by atoms with Gasteiger partial charge in [0, 0.05) is 8.96 Å². The molecule has 0 amide bonds. The van der Waals surface area contributed by atoms with Crippen LogP contribution in [0.15, 0.2) is 18.9 Å². The van der Waals surface area contributed by atoms with Gasteiger partial charge in [0.1, 0.15) is 23.4 Å². The molecule has 122 valence electrons. The molecule has 0 rings (SSSR count). The second-order valence-electron chi connectivity index (χ2n) is 3.13. The average Bonchev–Trinajstić information content (AvgIpc) is 2.49. The molecule has 0 aliphatic rings. The molecule has 0 aromatic carbocycles. The normalized spacial score (nSPS) is 12.9. The van der Waals surface area contributed by atoms with Crippen molar-refractivity contribution in [2.24, 2.45) is 0 Å². The molecule has 0 aliphatic heterocycles. The minimum absolute atomic E-state index is 0.232. The van der Waals surface area contributed by atoms with Crippen molar-refractivity contribution in [2.45, 2.75) is 11.8 Å². The van der Waals surface area contributed by atoms with Crippen molar-refractivity contribution >= 4 is 108 Å². The molecule has 0 saturated heterocycles. The highest BCUT2D eigenvalue weighted by Crippen LogP contribution is 2.09. The number of carbonyl (C=O) groups excluding carboxylic acids is 2. The lowest BCUT2D eigenvalue weighted by molar-refractivity contribution is -0.141. The second-order valence-corrected chi connectivity index (χ2v) is 8.02. The highest BCUT2D eigenvalue weighted by molar-refractivity contribution is 9.14. The third-order valence-corrected chi connectivity index (χ3v) is 5.48. The third kappa shape index (κ3) is 17.5. The molecule has 0 heterocycles. The van der Waals surface area contributed by atoms with Crippen molar-refractivity contribution in [2.75, 3.05) is 18.5 Å². The van der Waals surface area contributed by atoms with Crippen LogP contribution in [-0.2, 0) is 19.1 Å². The van der Waals surface area contributed by atoms with Gasteiger partial charge >= 0.3 is 11.9 Å². The molecule has 4 nitrogen and oxygen atoms in total. The van der Waals surface area contributed by atoms with Crippen LogP contribution in [0.3, 0.4) is 0 Å². The third-order valence-electron chi connectivity index (χ3n) is 1.39. The summed E-state index contributed by atoms with van der Waals surface area (Å²) in [5, 5.41) is 0.232. The number of carbonyl (C=O) groups is 2. The van der Waals surface area contributed by atoms with Gasteiger partial charge in [0.15, 0.2) is 0 Å². The SMILES string of the molecule is CC(Br)C(=O)OCC(Br)=CBr.O=C(CBr)OCC(Br)=CBr. The van der Waals surface area contributed by atoms with E-state index < -0.39 is 0 Å². The van der Waals surface area contributed by atoms with E-state index in [0.717, 1.165) is 8.96 Å². The molecule has 0 spiro atoms. The molecule has 0 radical (unpaired) electrons. The van der Waals surface area contributed by atoms with Gasteiger partial charge in [-0.3, -0.25) is 9.59 Å². The minimum Gasteiger partial charge on any atom is -0.460 e. The lowest BCUT2D eigenvalue weighted by atomic mass is 10.5. The molecule has 21 heavy (non-hydrogen) atoms. The van der Waals surface area contributed by atoms with Gasteiger partial charge in [0.2, 0.25) is 0 Å². The Kier molecular flexibility index (Phi) is 18.9. The van der Waals surface area contributed by atoms with E-state index in [4.69, 9.17) is 9.47 Å². The van der Waals surface area contributed by atoms with Crippen molar-refractivity contribution in [3.63, 3.8) is 0 Å². The van der Waals surface area contributed by atoms with Crippen molar-refractivity contribution in [1.29, 1.82) is 0 Å². The van der Waals surface area contributed by atoms with Crippen LogP contribution in [0.1, 0.15) is 6.92 Å². The Morgan fingerprint density at radius 1 is 1.05 bits per heavy atom. The van der Waals surface area contributed by atoms with Crippen LogP contribution < -0.4 is 0 Å². The van der Waals surface area contributed by atoms with Gasteiger partial charge in [-0.1, -0.05) is 95.6 Å². The van der Waals surface area contributed by atoms with Gasteiger partial charge in [0.25, 0.3) is 0 Å². The zero-order valence-electron chi connectivity index (χ0n) is 10.8. The summed E-state index contributed by atoms with van der Waals surface area (Å²) in [6.45, 7) is 2.25. The highest BCUT2D eigenvalue weighted by Gasteiger charge is 2.09. The fraction of sp³-hybridized carbons (Fsp3) is 0.455. The average molecular weight is 688 g/mol. The minimum atomic E-state index is -0.272. The highest BCUT2D eigenvalue weighted by atomic mass is 79.9. The zero-order valence-corrected chi connectivity index (χ0v) is 20.3. The largest absolute Gasteiger partial charge is 0.460 e. The van der Waals surface area contributed by atoms with Crippen LogP contribution in [0.5, 0.6) is 0 Å². The first-order chi connectivity index (χ1) is 9.78. The molecular weight excluding hydrogens is 676 g/mol. The Labute approximate surface area is 174 Å². The predicted molar refractivity (Wildman–Crippen MR) is 106 cm³/mol. The van der Waals surface area contributed by atoms with Crippen LogP contribution in [0.2, 0.25) is 0 Å². The maximum absolute atomic E-state index is 10.8. The number of rotatable bonds is 6. The van der Waals surface area contributed by atoms with Crippen LogP contribution in [0, 0.1) is 0 Å².